The number of ether oxygens (including phenoxy) is 2. The Morgan fingerprint density at radius 3 is 2.53 bits per heavy atom. The van der Waals surface area contributed by atoms with Crippen LogP contribution in [0.2, 0.25) is 0 Å². The topological polar surface area (TPSA) is 56.8 Å². The summed E-state index contributed by atoms with van der Waals surface area (Å²) in [5, 5.41) is 0. The van der Waals surface area contributed by atoms with Crippen LogP contribution in [0.25, 0.3) is 0 Å². The lowest BCUT2D eigenvalue weighted by Gasteiger charge is -2.18. The number of hydrogen-bond donors (Lipinski definition) is 1. The summed E-state index contributed by atoms with van der Waals surface area (Å²) in [5.41, 5.74) is 6.22. The van der Waals surface area contributed by atoms with Gasteiger partial charge in [-0.05, 0) is 24.6 Å². The molecule has 4 nitrogen and oxygen atoms in total. The van der Waals surface area contributed by atoms with E-state index in [4.69, 9.17) is 15.2 Å². The highest BCUT2D eigenvalue weighted by Crippen LogP contribution is 2.30. The third-order valence-electron chi connectivity index (χ3n) is 2.57. The van der Waals surface area contributed by atoms with Crippen molar-refractivity contribution < 1.29 is 9.47 Å². The number of nitrogens with zero attached hydrogens (tertiary/aromatic N) is 1. The second-order valence-corrected chi connectivity index (χ2v) is 3.74. The van der Waals surface area contributed by atoms with Gasteiger partial charge < -0.3 is 15.2 Å². The van der Waals surface area contributed by atoms with Crippen molar-refractivity contribution in [2.75, 3.05) is 13.7 Å². The van der Waals surface area contributed by atoms with E-state index in [0.29, 0.717) is 6.61 Å². The van der Waals surface area contributed by atoms with Gasteiger partial charge >= 0.3 is 0 Å². The molecular formula is C11H14N2O2. The number of aliphatic imine (C=N–C) groups is 1. The molecule has 0 fully saturated rings. The molecule has 0 radical (unpaired) electrons. The van der Waals surface area contributed by atoms with Gasteiger partial charge in [-0.1, -0.05) is 12.1 Å². The molecule has 2 rings (SSSR count). The van der Waals surface area contributed by atoms with E-state index in [1.165, 1.54) is 0 Å². The highest BCUT2D eigenvalue weighted by atomic mass is 16.5. The molecule has 15 heavy (non-hydrogen) atoms. The van der Waals surface area contributed by atoms with Gasteiger partial charge in [0.05, 0.1) is 7.11 Å². The summed E-state index contributed by atoms with van der Waals surface area (Å²) >= 11 is 0. The standard InChI is InChI=1S/C11H14N2O2/c1-11(7-15-10(12)13-11)8-3-5-9(14-2)6-4-8/h3-6H,7H2,1-2H3,(H2,12,13). The second kappa shape index (κ2) is 3.46. The molecule has 80 valence electrons. The summed E-state index contributed by atoms with van der Waals surface area (Å²) in [6.45, 7) is 2.49. The van der Waals surface area contributed by atoms with Gasteiger partial charge in [0.25, 0.3) is 6.02 Å². The molecule has 0 saturated heterocycles. The predicted molar refractivity (Wildman–Crippen MR) is 57.9 cm³/mol. The second-order valence-electron chi connectivity index (χ2n) is 3.74. The van der Waals surface area contributed by atoms with Crippen LogP contribution in [-0.2, 0) is 10.3 Å². The Labute approximate surface area is 88.7 Å². The van der Waals surface area contributed by atoms with Crippen LogP contribution in [0.15, 0.2) is 29.3 Å². The summed E-state index contributed by atoms with van der Waals surface area (Å²) in [7, 11) is 1.64. The van der Waals surface area contributed by atoms with Crippen LogP contribution in [0.5, 0.6) is 5.75 Å². The number of amidine groups is 1. The Hall–Kier alpha value is -1.71. The Morgan fingerprint density at radius 2 is 2.07 bits per heavy atom. The van der Waals surface area contributed by atoms with Crippen molar-refractivity contribution in [1.29, 1.82) is 0 Å². The van der Waals surface area contributed by atoms with Crippen LogP contribution in [-0.4, -0.2) is 19.7 Å². The molecule has 1 atom stereocenters. The van der Waals surface area contributed by atoms with Gasteiger partial charge in [0.15, 0.2) is 0 Å². The first-order valence-electron chi connectivity index (χ1n) is 4.77. The lowest BCUT2D eigenvalue weighted by Crippen LogP contribution is -2.20. The molecule has 2 N–H and O–H groups in total. The molecule has 1 heterocycles. The van der Waals surface area contributed by atoms with Crippen molar-refractivity contribution in [1.82, 2.24) is 0 Å². The lowest BCUT2D eigenvalue weighted by atomic mass is 9.94. The Morgan fingerprint density at radius 1 is 1.40 bits per heavy atom. The van der Waals surface area contributed by atoms with Gasteiger partial charge in [-0.25, -0.2) is 4.99 Å². The van der Waals surface area contributed by atoms with Gasteiger partial charge in [0.2, 0.25) is 0 Å². The van der Waals surface area contributed by atoms with Gasteiger partial charge in [-0.15, -0.1) is 0 Å². The van der Waals surface area contributed by atoms with E-state index < -0.39 is 0 Å². The van der Waals surface area contributed by atoms with E-state index in [2.05, 4.69) is 4.99 Å². The van der Waals surface area contributed by atoms with Crippen molar-refractivity contribution >= 4 is 6.02 Å². The summed E-state index contributed by atoms with van der Waals surface area (Å²) in [5.74, 6) is 0.832. The fraction of sp³-hybridized carbons (Fsp3) is 0.364. The minimum absolute atomic E-state index is 0.258. The van der Waals surface area contributed by atoms with E-state index in [9.17, 15) is 0 Å². The molecular weight excluding hydrogens is 192 g/mol. The summed E-state index contributed by atoms with van der Waals surface area (Å²) in [6, 6.07) is 8.03. The van der Waals surface area contributed by atoms with E-state index in [1.54, 1.807) is 7.11 Å². The molecule has 0 saturated carbocycles. The SMILES string of the molecule is COc1ccc(C2(C)COC(N)=N2)cc1. The van der Waals surface area contributed by atoms with Crippen molar-refractivity contribution in [2.24, 2.45) is 10.7 Å². The predicted octanol–water partition coefficient (Wildman–Crippen LogP) is 1.26. The van der Waals surface area contributed by atoms with Gasteiger partial charge in [0, 0.05) is 0 Å². The Bertz CT molecular complexity index is 386. The van der Waals surface area contributed by atoms with Crippen molar-refractivity contribution in [2.45, 2.75) is 12.5 Å². The Kier molecular flexibility index (Phi) is 2.26. The van der Waals surface area contributed by atoms with Crippen LogP contribution in [0, 0.1) is 0 Å². The number of nitrogens with two attached hydrogens (primary N) is 1. The van der Waals surface area contributed by atoms with Crippen molar-refractivity contribution in [3.05, 3.63) is 29.8 Å². The maximum Gasteiger partial charge on any atom is 0.283 e. The third kappa shape index (κ3) is 1.75. The maximum atomic E-state index is 5.51. The lowest BCUT2D eigenvalue weighted by molar-refractivity contribution is 0.266. The average molecular weight is 206 g/mol. The smallest absolute Gasteiger partial charge is 0.283 e. The van der Waals surface area contributed by atoms with Gasteiger partial charge in [-0.2, -0.15) is 0 Å². The maximum absolute atomic E-state index is 5.51. The molecule has 0 aromatic heterocycles. The molecule has 4 heteroatoms. The van der Waals surface area contributed by atoms with Crippen molar-refractivity contribution in [3.63, 3.8) is 0 Å². The highest BCUT2D eigenvalue weighted by molar-refractivity contribution is 5.74. The van der Waals surface area contributed by atoms with E-state index in [-0.39, 0.29) is 11.6 Å². The summed E-state index contributed by atoms with van der Waals surface area (Å²) in [4.78, 5) is 4.28. The normalized spacial score (nSPS) is 24.5. The first-order valence-corrected chi connectivity index (χ1v) is 4.77. The summed E-state index contributed by atoms with van der Waals surface area (Å²) in [6.07, 6.45) is 0. The van der Waals surface area contributed by atoms with E-state index >= 15 is 0 Å². The number of hydrogen-bond acceptors (Lipinski definition) is 4. The quantitative estimate of drug-likeness (QED) is 0.792. The van der Waals surface area contributed by atoms with Crippen molar-refractivity contribution in [3.8, 4) is 5.75 Å². The monoisotopic (exact) mass is 206 g/mol. The zero-order valence-corrected chi connectivity index (χ0v) is 8.86. The van der Waals surface area contributed by atoms with E-state index in [1.807, 2.05) is 31.2 Å². The van der Waals surface area contributed by atoms with Gasteiger partial charge in [0.1, 0.15) is 17.9 Å². The molecule has 1 unspecified atom stereocenters. The first kappa shape index (κ1) is 9.83. The highest BCUT2D eigenvalue weighted by Gasteiger charge is 2.32. The Balaban J connectivity index is 2.30. The minimum Gasteiger partial charge on any atom is -0.497 e. The molecule has 0 amide bonds. The zero-order chi connectivity index (χ0) is 10.9. The van der Waals surface area contributed by atoms with Crippen LogP contribution >= 0.6 is 0 Å². The molecule has 0 bridgehead atoms. The zero-order valence-electron chi connectivity index (χ0n) is 8.86. The van der Waals surface area contributed by atoms with Gasteiger partial charge in [-0.3, -0.25) is 0 Å². The minimum atomic E-state index is -0.365. The molecule has 0 spiro atoms. The fourth-order valence-electron chi connectivity index (χ4n) is 1.62. The first-order chi connectivity index (χ1) is 7.14. The number of methoxy groups -OCH3 is 1. The molecule has 0 aliphatic carbocycles. The third-order valence-corrected chi connectivity index (χ3v) is 2.57. The molecule has 1 aliphatic rings. The fourth-order valence-corrected chi connectivity index (χ4v) is 1.62. The summed E-state index contributed by atoms with van der Waals surface area (Å²) < 4.78 is 10.3. The number of rotatable bonds is 2. The number of benzene rings is 1. The molecule has 1 aliphatic heterocycles. The van der Waals surface area contributed by atoms with Crippen LogP contribution in [0.3, 0.4) is 0 Å². The van der Waals surface area contributed by atoms with E-state index in [0.717, 1.165) is 11.3 Å². The van der Waals surface area contributed by atoms with Crippen LogP contribution in [0.1, 0.15) is 12.5 Å². The van der Waals surface area contributed by atoms with Crippen LogP contribution < -0.4 is 10.5 Å². The largest absolute Gasteiger partial charge is 0.497 e. The molecule has 1 aromatic rings. The molecule has 1 aromatic carbocycles. The average Bonchev–Trinajstić information content (AvgIpc) is 2.60. The van der Waals surface area contributed by atoms with Crippen LogP contribution in [0.4, 0.5) is 0 Å².